The Hall–Kier alpha value is -2.58. The van der Waals surface area contributed by atoms with Crippen molar-refractivity contribution in [3.63, 3.8) is 0 Å². The van der Waals surface area contributed by atoms with Crippen molar-refractivity contribution in [1.29, 1.82) is 0 Å². The van der Waals surface area contributed by atoms with E-state index in [1.165, 1.54) is 13.2 Å². The number of aryl methyl sites for hydroxylation is 1. The second-order valence-electron chi connectivity index (χ2n) is 6.38. The summed E-state index contributed by atoms with van der Waals surface area (Å²) in [6, 6.07) is 13.2. The molecule has 0 unspecified atom stereocenters. The van der Waals surface area contributed by atoms with Crippen molar-refractivity contribution in [2.75, 3.05) is 37.7 Å². The first kappa shape index (κ1) is 22.7. The van der Waals surface area contributed by atoms with Gasteiger partial charge in [0.25, 0.3) is 10.0 Å². The number of nitrogens with zero attached hydrogens (tertiary/aromatic N) is 1. The Labute approximate surface area is 172 Å². The lowest BCUT2D eigenvalue weighted by Crippen LogP contribution is -2.41. The molecule has 0 aliphatic heterocycles. The summed E-state index contributed by atoms with van der Waals surface area (Å²) in [5.74, 6) is 0.224. The van der Waals surface area contributed by atoms with E-state index < -0.39 is 10.0 Å². The number of para-hydroxylation sites is 1. The highest BCUT2D eigenvalue weighted by Crippen LogP contribution is 2.27. The van der Waals surface area contributed by atoms with E-state index in [1.54, 1.807) is 49.4 Å². The fraction of sp³-hybridized carbons (Fsp3) is 0.381. The van der Waals surface area contributed by atoms with Crippen molar-refractivity contribution in [3.05, 3.63) is 54.1 Å². The zero-order chi connectivity index (χ0) is 21.3. The average Bonchev–Trinajstić information content (AvgIpc) is 2.72. The first-order valence-corrected chi connectivity index (χ1v) is 10.9. The molecule has 0 radical (unpaired) electrons. The van der Waals surface area contributed by atoms with Crippen LogP contribution in [0.4, 0.5) is 5.69 Å². The maximum atomic E-state index is 13.3. The van der Waals surface area contributed by atoms with Crippen LogP contribution in [0.25, 0.3) is 0 Å². The van der Waals surface area contributed by atoms with Crippen LogP contribution in [0, 0.1) is 6.92 Å². The Bertz CT molecular complexity index is 901. The van der Waals surface area contributed by atoms with Crippen LogP contribution in [0.15, 0.2) is 53.4 Å². The molecule has 0 saturated heterocycles. The van der Waals surface area contributed by atoms with Gasteiger partial charge in [0.1, 0.15) is 12.3 Å². The Kier molecular flexibility index (Phi) is 8.48. The lowest BCUT2D eigenvalue weighted by atomic mass is 10.2. The molecule has 0 atom stereocenters. The van der Waals surface area contributed by atoms with Gasteiger partial charge in [-0.2, -0.15) is 0 Å². The summed E-state index contributed by atoms with van der Waals surface area (Å²) in [6.45, 7) is 4.95. The van der Waals surface area contributed by atoms with Gasteiger partial charge >= 0.3 is 0 Å². The second-order valence-corrected chi connectivity index (χ2v) is 8.24. The number of ether oxygens (including phenoxy) is 2. The molecule has 0 bridgehead atoms. The van der Waals surface area contributed by atoms with Crippen LogP contribution in [0.3, 0.4) is 0 Å². The first-order chi connectivity index (χ1) is 13.9. The van der Waals surface area contributed by atoms with Gasteiger partial charge in [0.05, 0.1) is 17.7 Å². The van der Waals surface area contributed by atoms with Gasteiger partial charge in [-0.1, -0.05) is 18.2 Å². The number of sulfonamides is 1. The van der Waals surface area contributed by atoms with Gasteiger partial charge in [0.2, 0.25) is 5.91 Å². The third kappa shape index (κ3) is 6.20. The molecule has 1 N–H and O–H groups in total. The molecule has 0 heterocycles. The Morgan fingerprint density at radius 3 is 2.48 bits per heavy atom. The summed E-state index contributed by atoms with van der Waals surface area (Å²) in [6.07, 6.45) is 0.662. The van der Waals surface area contributed by atoms with Crippen LogP contribution in [0.1, 0.15) is 18.9 Å². The first-order valence-electron chi connectivity index (χ1n) is 9.47. The number of methoxy groups -OCH3 is 1. The molecule has 29 heavy (non-hydrogen) atoms. The lowest BCUT2D eigenvalue weighted by molar-refractivity contribution is -0.119. The highest BCUT2D eigenvalue weighted by Gasteiger charge is 2.27. The molecule has 0 saturated carbocycles. The van der Waals surface area contributed by atoms with Gasteiger partial charge in [0.15, 0.2) is 0 Å². The van der Waals surface area contributed by atoms with Gasteiger partial charge in [-0.3, -0.25) is 9.10 Å². The fourth-order valence-corrected chi connectivity index (χ4v) is 4.29. The van der Waals surface area contributed by atoms with Gasteiger partial charge < -0.3 is 14.8 Å². The second kappa shape index (κ2) is 10.8. The summed E-state index contributed by atoms with van der Waals surface area (Å²) in [5.41, 5.74) is 1.12. The SMILES string of the molecule is CCOCCCNC(=O)CN(c1ccccc1)S(=O)(=O)c1ccc(OC)c(C)c1. The standard InChI is InChI=1S/C21H28N2O5S/c1-4-28-14-8-13-22-21(24)16-23(18-9-6-5-7-10-18)29(25,26)19-11-12-20(27-3)17(2)15-19/h5-7,9-12,15H,4,8,13-14,16H2,1-3H3,(H,22,24). The Morgan fingerprint density at radius 2 is 1.86 bits per heavy atom. The minimum Gasteiger partial charge on any atom is -0.496 e. The Morgan fingerprint density at radius 1 is 1.14 bits per heavy atom. The number of nitrogens with one attached hydrogen (secondary N) is 1. The van der Waals surface area contributed by atoms with Crippen molar-refractivity contribution in [3.8, 4) is 5.75 Å². The highest BCUT2D eigenvalue weighted by atomic mass is 32.2. The van der Waals surface area contributed by atoms with E-state index in [4.69, 9.17) is 9.47 Å². The molecule has 8 heteroatoms. The van der Waals surface area contributed by atoms with E-state index in [1.807, 2.05) is 6.92 Å². The van der Waals surface area contributed by atoms with E-state index >= 15 is 0 Å². The van der Waals surface area contributed by atoms with E-state index in [0.29, 0.717) is 43.2 Å². The summed E-state index contributed by atoms with van der Waals surface area (Å²) < 4.78 is 38.2. The predicted octanol–water partition coefficient (Wildman–Crippen LogP) is 2.74. The smallest absolute Gasteiger partial charge is 0.264 e. The van der Waals surface area contributed by atoms with Crippen LogP contribution >= 0.6 is 0 Å². The number of hydrogen-bond acceptors (Lipinski definition) is 5. The average molecular weight is 421 g/mol. The molecular weight excluding hydrogens is 392 g/mol. The minimum atomic E-state index is -3.94. The van der Waals surface area contributed by atoms with Crippen molar-refractivity contribution in [1.82, 2.24) is 5.32 Å². The summed E-state index contributed by atoms with van der Waals surface area (Å²) in [7, 11) is -2.41. The molecule has 0 aliphatic rings. The van der Waals surface area contributed by atoms with Crippen LogP contribution in [-0.4, -0.2) is 47.7 Å². The quantitative estimate of drug-likeness (QED) is 0.565. The van der Waals surface area contributed by atoms with Crippen molar-refractivity contribution < 1.29 is 22.7 Å². The fourth-order valence-electron chi connectivity index (χ4n) is 2.78. The topological polar surface area (TPSA) is 84.9 Å². The third-order valence-electron chi connectivity index (χ3n) is 4.28. The van der Waals surface area contributed by atoms with E-state index in [2.05, 4.69) is 5.32 Å². The minimum absolute atomic E-state index is 0.101. The number of carbonyl (C=O) groups excluding carboxylic acids is 1. The van der Waals surface area contributed by atoms with Crippen molar-refractivity contribution in [2.24, 2.45) is 0 Å². The molecule has 2 aromatic carbocycles. The van der Waals surface area contributed by atoms with Gasteiger partial charge in [-0.15, -0.1) is 0 Å². The zero-order valence-electron chi connectivity index (χ0n) is 17.1. The number of hydrogen-bond donors (Lipinski definition) is 1. The van der Waals surface area contributed by atoms with Gasteiger partial charge in [-0.25, -0.2) is 8.42 Å². The van der Waals surface area contributed by atoms with Crippen molar-refractivity contribution >= 4 is 21.6 Å². The number of rotatable bonds is 11. The largest absolute Gasteiger partial charge is 0.496 e. The van der Waals surface area contributed by atoms with Crippen LogP contribution in [0.5, 0.6) is 5.75 Å². The molecule has 7 nitrogen and oxygen atoms in total. The maximum Gasteiger partial charge on any atom is 0.264 e. The summed E-state index contributed by atoms with van der Waals surface area (Å²) in [5, 5.41) is 2.75. The van der Waals surface area contributed by atoms with Crippen LogP contribution in [0.2, 0.25) is 0 Å². The lowest BCUT2D eigenvalue weighted by Gasteiger charge is -2.24. The van der Waals surface area contributed by atoms with E-state index in [9.17, 15) is 13.2 Å². The molecule has 0 spiro atoms. The normalized spacial score (nSPS) is 11.1. The van der Waals surface area contributed by atoms with Crippen LogP contribution < -0.4 is 14.4 Å². The number of amides is 1. The number of carbonyl (C=O) groups is 1. The van der Waals surface area contributed by atoms with Gasteiger partial charge in [0, 0.05) is 19.8 Å². The molecule has 0 aliphatic carbocycles. The molecule has 2 rings (SSSR count). The van der Waals surface area contributed by atoms with Gasteiger partial charge in [-0.05, 0) is 56.2 Å². The molecule has 158 valence electrons. The van der Waals surface area contributed by atoms with E-state index in [-0.39, 0.29) is 17.3 Å². The monoisotopic (exact) mass is 420 g/mol. The van der Waals surface area contributed by atoms with Crippen LogP contribution in [-0.2, 0) is 19.6 Å². The molecule has 0 aromatic heterocycles. The van der Waals surface area contributed by atoms with E-state index in [0.717, 1.165) is 4.31 Å². The summed E-state index contributed by atoms with van der Waals surface area (Å²) >= 11 is 0. The molecule has 1 amide bonds. The summed E-state index contributed by atoms with van der Waals surface area (Å²) in [4.78, 5) is 12.5. The Balaban J connectivity index is 2.24. The maximum absolute atomic E-state index is 13.3. The highest BCUT2D eigenvalue weighted by molar-refractivity contribution is 7.92. The number of benzene rings is 2. The third-order valence-corrected chi connectivity index (χ3v) is 6.05. The predicted molar refractivity (Wildman–Crippen MR) is 113 cm³/mol. The molecule has 2 aromatic rings. The molecular formula is C21H28N2O5S. The van der Waals surface area contributed by atoms with Crippen molar-refractivity contribution in [2.45, 2.75) is 25.2 Å². The number of anilines is 1. The zero-order valence-corrected chi connectivity index (χ0v) is 17.9. The molecule has 0 fully saturated rings.